The first kappa shape index (κ1) is 27.4. The van der Waals surface area contributed by atoms with Gasteiger partial charge in [0.2, 0.25) is 5.91 Å². The van der Waals surface area contributed by atoms with E-state index in [4.69, 9.17) is 4.74 Å². The van der Waals surface area contributed by atoms with Gasteiger partial charge in [0, 0.05) is 60.5 Å². The van der Waals surface area contributed by atoms with Crippen LogP contribution in [0.4, 0.5) is 5.69 Å². The monoisotopic (exact) mass is 545 g/mol. The molecule has 2 aromatic heterocycles. The molecular formula is C32H39N3O3S. The van der Waals surface area contributed by atoms with Crippen LogP contribution in [0.2, 0.25) is 0 Å². The van der Waals surface area contributed by atoms with Crippen molar-refractivity contribution in [2.24, 2.45) is 0 Å². The number of aromatic nitrogens is 1. The highest BCUT2D eigenvalue weighted by Gasteiger charge is 2.18. The summed E-state index contributed by atoms with van der Waals surface area (Å²) in [5.74, 6) is 0.572. The second-order valence-electron chi connectivity index (χ2n) is 10.4. The number of unbranched alkanes of at least 4 members (excludes halogenated alkanes) is 4. The van der Waals surface area contributed by atoms with Crippen LogP contribution in [0.1, 0.15) is 56.7 Å². The van der Waals surface area contributed by atoms with Crippen molar-refractivity contribution in [3.05, 3.63) is 70.3 Å². The van der Waals surface area contributed by atoms with Crippen molar-refractivity contribution in [3.8, 4) is 5.75 Å². The van der Waals surface area contributed by atoms with E-state index in [2.05, 4.69) is 46.4 Å². The molecule has 39 heavy (non-hydrogen) atoms. The van der Waals surface area contributed by atoms with Crippen molar-refractivity contribution < 1.29 is 9.53 Å². The molecule has 7 heteroatoms. The highest BCUT2D eigenvalue weighted by Crippen LogP contribution is 2.31. The number of anilines is 1. The zero-order chi connectivity index (χ0) is 27.0. The normalized spacial score (nSPS) is 14.3. The van der Waals surface area contributed by atoms with Crippen LogP contribution in [-0.4, -0.2) is 54.7 Å². The summed E-state index contributed by atoms with van der Waals surface area (Å²) in [6, 6.07) is 17.8. The Balaban J connectivity index is 1.09. The first-order chi connectivity index (χ1) is 19.1. The van der Waals surface area contributed by atoms with E-state index in [-0.39, 0.29) is 11.5 Å². The molecule has 1 fully saturated rings. The number of rotatable bonds is 12. The molecule has 3 heterocycles. The fourth-order valence-electron chi connectivity index (χ4n) is 5.47. The quantitative estimate of drug-likeness (QED) is 0.183. The summed E-state index contributed by atoms with van der Waals surface area (Å²) >= 11 is 1.81. The third-order valence-electron chi connectivity index (χ3n) is 7.69. The predicted molar refractivity (Wildman–Crippen MR) is 163 cm³/mol. The summed E-state index contributed by atoms with van der Waals surface area (Å²) in [6.45, 7) is 8.11. The highest BCUT2D eigenvalue weighted by molar-refractivity contribution is 7.17. The van der Waals surface area contributed by atoms with Crippen LogP contribution < -0.4 is 15.2 Å². The predicted octanol–water partition coefficient (Wildman–Crippen LogP) is 6.81. The number of hydrogen-bond acceptors (Lipinski definition) is 6. The molecule has 4 aromatic rings. The average molecular weight is 546 g/mol. The standard InChI is InChI=1S/C32H39N3O3S/c1-2-3-4-5-11-31(36)35-29-24-26(14-12-25(29)13-15-32(35)37)38-22-7-6-17-33-18-20-34(21-19-33)28-9-8-10-30-27(28)16-23-39-30/h8-10,12-16,23-24H,2-7,11,17-22H2,1H3. The van der Waals surface area contributed by atoms with Gasteiger partial charge >= 0.3 is 0 Å². The van der Waals surface area contributed by atoms with E-state index < -0.39 is 0 Å². The highest BCUT2D eigenvalue weighted by atomic mass is 32.1. The van der Waals surface area contributed by atoms with Crippen LogP contribution in [0.25, 0.3) is 21.0 Å². The number of fused-ring (bicyclic) bond motifs is 2. The van der Waals surface area contributed by atoms with Crippen molar-refractivity contribution in [2.75, 3.05) is 44.2 Å². The number of ether oxygens (including phenoxy) is 1. The molecule has 1 aliphatic heterocycles. The Labute approximate surface area is 234 Å². The van der Waals surface area contributed by atoms with Crippen LogP contribution in [0.15, 0.2) is 64.8 Å². The smallest absolute Gasteiger partial charge is 0.257 e. The van der Waals surface area contributed by atoms with E-state index in [0.29, 0.717) is 24.3 Å². The molecule has 0 N–H and O–H groups in total. The SMILES string of the molecule is CCCCCCC(=O)n1c(=O)ccc2ccc(OCCCCN3CCN(c4cccc5sccc45)CC3)cc21. The molecule has 5 rings (SSSR count). The fraction of sp³-hybridized carbons (Fsp3) is 0.438. The molecule has 1 aliphatic rings. The van der Waals surface area contributed by atoms with Crippen molar-refractivity contribution in [2.45, 2.75) is 51.9 Å². The Morgan fingerprint density at radius 2 is 1.77 bits per heavy atom. The summed E-state index contributed by atoms with van der Waals surface area (Å²) in [4.78, 5) is 30.5. The number of carbonyl (C=O) groups excluding carboxylic acids is 1. The number of benzene rings is 2. The topological polar surface area (TPSA) is 54.8 Å². The maximum Gasteiger partial charge on any atom is 0.257 e. The maximum atomic E-state index is 12.9. The number of piperazine rings is 1. The summed E-state index contributed by atoms with van der Waals surface area (Å²) in [5.41, 5.74) is 1.73. The van der Waals surface area contributed by atoms with E-state index in [1.165, 1.54) is 26.4 Å². The lowest BCUT2D eigenvalue weighted by molar-refractivity contribution is 0.0900. The maximum absolute atomic E-state index is 12.9. The molecule has 0 saturated carbocycles. The van der Waals surface area contributed by atoms with Crippen LogP contribution in [0, 0.1) is 0 Å². The second kappa shape index (κ2) is 13.3. The fourth-order valence-corrected chi connectivity index (χ4v) is 6.28. The van der Waals surface area contributed by atoms with E-state index in [1.807, 2.05) is 29.5 Å². The molecule has 0 spiro atoms. The van der Waals surface area contributed by atoms with E-state index in [1.54, 1.807) is 6.07 Å². The lowest BCUT2D eigenvalue weighted by atomic mass is 10.1. The van der Waals surface area contributed by atoms with Crippen LogP contribution >= 0.6 is 11.3 Å². The molecule has 206 valence electrons. The lowest BCUT2D eigenvalue weighted by Crippen LogP contribution is -2.46. The number of thiophene rings is 1. The van der Waals surface area contributed by atoms with Crippen molar-refractivity contribution in [3.63, 3.8) is 0 Å². The van der Waals surface area contributed by atoms with Crippen molar-refractivity contribution in [1.29, 1.82) is 0 Å². The molecule has 2 aromatic carbocycles. The van der Waals surface area contributed by atoms with Gasteiger partial charge in [0.25, 0.3) is 5.56 Å². The van der Waals surface area contributed by atoms with E-state index >= 15 is 0 Å². The molecule has 1 saturated heterocycles. The molecule has 0 unspecified atom stereocenters. The average Bonchev–Trinajstić information content (AvgIpc) is 3.45. The Hall–Kier alpha value is -3.16. The minimum atomic E-state index is -0.271. The Bertz CT molecular complexity index is 1450. The molecule has 0 bridgehead atoms. The van der Waals surface area contributed by atoms with Gasteiger partial charge in [-0.05, 0) is 73.0 Å². The van der Waals surface area contributed by atoms with Gasteiger partial charge in [-0.1, -0.05) is 32.3 Å². The number of pyridine rings is 1. The molecule has 6 nitrogen and oxygen atoms in total. The zero-order valence-corrected chi connectivity index (χ0v) is 23.8. The third kappa shape index (κ3) is 6.71. The van der Waals surface area contributed by atoms with Gasteiger partial charge in [0.15, 0.2) is 0 Å². The van der Waals surface area contributed by atoms with E-state index in [0.717, 1.165) is 76.6 Å². The molecule has 0 radical (unpaired) electrons. The molecular weight excluding hydrogens is 506 g/mol. The van der Waals surface area contributed by atoms with Gasteiger partial charge < -0.3 is 9.64 Å². The van der Waals surface area contributed by atoms with Crippen LogP contribution in [0.5, 0.6) is 5.75 Å². The van der Waals surface area contributed by atoms with Gasteiger partial charge in [-0.25, -0.2) is 4.57 Å². The van der Waals surface area contributed by atoms with Gasteiger partial charge in [0.05, 0.1) is 12.1 Å². The third-order valence-corrected chi connectivity index (χ3v) is 8.57. The Morgan fingerprint density at radius 1 is 0.923 bits per heavy atom. The summed E-state index contributed by atoms with van der Waals surface area (Å²) in [7, 11) is 0. The first-order valence-electron chi connectivity index (χ1n) is 14.4. The van der Waals surface area contributed by atoms with Crippen molar-refractivity contribution in [1.82, 2.24) is 9.47 Å². The first-order valence-corrected chi connectivity index (χ1v) is 15.3. The van der Waals surface area contributed by atoms with Crippen molar-refractivity contribution >= 4 is 43.9 Å². The van der Waals surface area contributed by atoms with Gasteiger partial charge in [-0.15, -0.1) is 11.3 Å². The van der Waals surface area contributed by atoms with Gasteiger partial charge in [0.1, 0.15) is 5.75 Å². The van der Waals surface area contributed by atoms with Crippen LogP contribution in [0.3, 0.4) is 0 Å². The van der Waals surface area contributed by atoms with Crippen LogP contribution in [-0.2, 0) is 0 Å². The Kier molecular flexibility index (Phi) is 9.32. The lowest BCUT2D eigenvalue weighted by Gasteiger charge is -2.36. The summed E-state index contributed by atoms with van der Waals surface area (Å²) in [5, 5.41) is 4.42. The second-order valence-corrected chi connectivity index (χ2v) is 11.4. The Morgan fingerprint density at radius 3 is 2.62 bits per heavy atom. The number of carbonyl (C=O) groups is 1. The zero-order valence-electron chi connectivity index (χ0n) is 22.9. The number of hydrogen-bond donors (Lipinski definition) is 0. The summed E-state index contributed by atoms with van der Waals surface area (Å²) in [6.07, 6.45) is 6.48. The van der Waals surface area contributed by atoms with Gasteiger partial charge in [-0.3, -0.25) is 14.5 Å². The largest absolute Gasteiger partial charge is 0.494 e. The minimum absolute atomic E-state index is 0.133. The number of nitrogens with zero attached hydrogens (tertiary/aromatic N) is 3. The van der Waals surface area contributed by atoms with Gasteiger partial charge in [-0.2, -0.15) is 0 Å². The van der Waals surface area contributed by atoms with E-state index in [9.17, 15) is 9.59 Å². The molecule has 0 aliphatic carbocycles. The molecule has 0 amide bonds. The molecule has 0 atom stereocenters. The summed E-state index contributed by atoms with van der Waals surface area (Å²) < 4.78 is 8.73. The minimum Gasteiger partial charge on any atom is -0.494 e.